The summed E-state index contributed by atoms with van der Waals surface area (Å²) in [6.45, 7) is 4.95. The molecule has 1 amide bonds. The van der Waals surface area contributed by atoms with Gasteiger partial charge in [0.1, 0.15) is 12.1 Å². The Balaban J connectivity index is 1.29. The number of fused-ring (bicyclic) bond motifs is 1. The van der Waals surface area contributed by atoms with Crippen LogP contribution < -0.4 is 20.3 Å². The predicted octanol–water partition coefficient (Wildman–Crippen LogP) is 4.80. The Morgan fingerprint density at radius 3 is 2.64 bits per heavy atom. The molecule has 230 valence electrons. The summed E-state index contributed by atoms with van der Waals surface area (Å²) in [6.07, 6.45) is 6.33. The zero-order valence-electron chi connectivity index (χ0n) is 24.4. The summed E-state index contributed by atoms with van der Waals surface area (Å²) in [5.74, 6) is -0.134. The number of ether oxygens (including phenoxy) is 2. The number of amides is 1. The first kappa shape index (κ1) is 29.5. The number of aromatic nitrogens is 4. The number of rotatable bonds is 9. The number of aryl methyl sites for hydroxylation is 1. The molecule has 2 aliphatic heterocycles. The SMILES string of the molecule is C=CC(=O)Nc1cc(Nc2cc(-c3ccc4c(cnn4C)c3)ncn2)c(OC(F)F)cc1N1CCN(C2CCOCC2)CC1. The Morgan fingerprint density at radius 2 is 1.89 bits per heavy atom. The van der Waals surface area contributed by atoms with Gasteiger partial charge in [0.25, 0.3) is 0 Å². The molecule has 6 rings (SSSR count). The maximum Gasteiger partial charge on any atom is 0.387 e. The zero-order chi connectivity index (χ0) is 30.6. The van der Waals surface area contributed by atoms with Gasteiger partial charge in [0, 0.05) is 75.6 Å². The smallest absolute Gasteiger partial charge is 0.387 e. The fourth-order valence-electron chi connectivity index (χ4n) is 5.83. The van der Waals surface area contributed by atoms with Crippen molar-refractivity contribution in [3.05, 3.63) is 61.6 Å². The molecule has 2 fully saturated rings. The van der Waals surface area contributed by atoms with Gasteiger partial charge in [-0.15, -0.1) is 0 Å². The van der Waals surface area contributed by atoms with Crippen LogP contribution in [0.1, 0.15) is 12.8 Å². The molecule has 2 saturated heterocycles. The van der Waals surface area contributed by atoms with Gasteiger partial charge < -0.3 is 25.0 Å². The van der Waals surface area contributed by atoms with E-state index in [0.29, 0.717) is 42.0 Å². The van der Waals surface area contributed by atoms with E-state index in [0.717, 1.165) is 55.6 Å². The number of hydrogen-bond donors (Lipinski definition) is 2. The topological polar surface area (TPSA) is 110 Å². The third kappa shape index (κ3) is 6.48. The third-order valence-corrected chi connectivity index (χ3v) is 8.09. The molecule has 0 spiro atoms. The molecule has 2 aliphatic rings. The summed E-state index contributed by atoms with van der Waals surface area (Å²) >= 11 is 0. The van der Waals surface area contributed by atoms with Crippen molar-refractivity contribution < 1.29 is 23.0 Å². The quantitative estimate of drug-likeness (QED) is 0.261. The fraction of sp³-hybridized carbons (Fsp3) is 0.355. The van der Waals surface area contributed by atoms with Gasteiger partial charge in [-0.25, -0.2) is 9.97 Å². The van der Waals surface area contributed by atoms with E-state index in [1.807, 2.05) is 25.2 Å². The zero-order valence-corrected chi connectivity index (χ0v) is 24.4. The number of halogens is 2. The normalized spacial score (nSPS) is 16.3. The van der Waals surface area contributed by atoms with Crippen molar-refractivity contribution in [2.24, 2.45) is 7.05 Å². The highest BCUT2D eigenvalue weighted by Crippen LogP contribution is 2.40. The lowest BCUT2D eigenvalue weighted by Gasteiger charge is -2.42. The first-order chi connectivity index (χ1) is 21.4. The molecule has 0 radical (unpaired) electrons. The first-order valence-electron chi connectivity index (χ1n) is 14.5. The van der Waals surface area contributed by atoms with Crippen LogP contribution in [0.15, 0.2) is 61.6 Å². The molecule has 2 aromatic carbocycles. The molecular weight excluding hydrogens is 570 g/mol. The van der Waals surface area contributed by atoms with Crippen LogP contribution in [0.4, 0.5) is 31.7 Å². The van der Waals surface area contributed by atoms with E-state index in [2.05, 4.69) is 42.1 Å². The van der Waals surface area contributed by atoms with Crippen molar-refractivity contribution in [1.29, 1.82) is 0 Å². The maximum absolute atomic E-state index is 13.7. The molecule has 0 unspecified atom stereocenters. The van der Waals surface area contributed by atoms with E-state index in [1.54, 1.807) is 23.0 Å². The van der Waals surface area contributed by atoms with Crippen LogP contribution >= 0.6 is 0 Å². The second kappa shape index (κ2) is 12.9. The highest BCUT2D eigenvalue weighted by molar-refractivity contribution is 6.02. The van der Waals surface area contributed by atoms with Crippen molar-refractivity contribution >= 4 is 39.7 Å². The molecule has 0 aliphatic carbocycles. The van der Waals surface area contributed by atoms with Crippen LogP contribution in [-0.2, 0) is 16.6 Å². The van der Waals surface area contributed by atoms with Crippen molar-refractivity contribution in [3.8, 4) is 17.0 Å². The molecule has 4 heterocycles. The standard InChI is InChI=1S/C31H34F2N8O3/c1-3-30(42)38-24-15-25(37-29-16-23(34-19-35-29)20-4-5-26-21(14-20)18-36-39(26)2)28(44-31(32)33)17-27(24)41-10-8-40(9-11-41)22-6-12-43-13-7-22/h3-5,14-19,22,31H,1,6-13H2,2H3,(H,38,42)(H,34,35,37). The van der Waals surface area contributed by atoms with Crippen molar-refractivity contribution in [2.75, 3.05) is 54.9 Å². The van der Waals surface area contributed by atoms with Gasteiger partial charge in [-0.05, 0) is 37.1 Å². The van der Waals surface area contributed by atoms with E-state index in [4.69, 9.17) is 9.47 Å². The molecule has 0 bridgehead atoms. The first-order valence-corrected chi connectivity index (χ1v) is 14.5. The fourth-order valence-corrected chi connectivity index (χ4v) is 5.83. The number of alkyl halides is 2. The van der Waals surface area contributed by atoms with Crippen LogP contribution in [0.5, 0.6) is 5.75 Å². The second-order valence-electron chi connectivity index (χ2n) is 10.8. The van der Waals surface area contributed by atoms with Crippen LogP contribution in [0.2, 0.25) is 0 Å². The molecule has 2 aromatic heterocycles. The highest BCUT2D eigenvalue weighted by Gasteiger charge is 2.28. The highest BCUT2D eigenvalue weighted by atomic mass is 19.3. The van der Waals surface area contributed by atoms with Gasteiger partial charge in [-0.1, -0.05) is 12.6 Å². The Hall–Kier alpha value is -4.62. The van der Waals surface area contributed by atoms with Crippen LogP contribution in [0, 0.1) is 0 Å². The van der Waals surface area contributed by atoms with Crippen molar-refractivity contribution in [1.82, 2.24) is 24.6 Å². The minimum Gasteiger partial charge on any atom is -0.433 e. The largest absolute Gasteiger partial charge is 0.433 e. The maximum atomic E-state index is 13.7. The van der Waals surface area contributed by atoms with Gasteiger partial charge in [0.2, 0.25) is 5.91 Å². The number of carbonyl (C=O) groups excluding carboxylic acids is 1. The summed E-state index contributed by atoms with van der Waals surface area (Å²) in [7, 11) is 1.87. The summed E-state index contributed by atoms with van der Waals surface area (Å²) in [5.41, 5.74) is 3.68. The van der Waals surface area contributed by atoms with Gasteiger partial charge >= 0.3 is 6.61 Å². The lowest BCUT2D eigenvalue weighted by atomic mass is 10.1. The molecule has 44 heavy (non-hydrogen) atoms. The number of anilines is 4. The Morgan fingerprint density at radius 1 is 1.09 bits per heavy atom. The van der Waals surface area contributed by atoms with Crippen molar-refractivity contribution in [3.63, 3.8) is 0 Å². The summed E-state index contributed by atoms with van der Waals surface area (Å²) in [6, 6.07) is 11.2. The van der Waals surface area contributed by atoms with E-state index in [9.17, 15) is 13.6 Å². The minimum atomic E-state index is -3.06. The number of piperazine rings is 1. The Bertz CT molecular complexity index is 1650. The van der Waals surface area contributed by atoms with E-state index in [-0.39, 0.29) is 11.4 Å². The van der Waals surface area contributed by atoms with Gasteiger partial charge in [0.15, 0.2) is 5.75 Å². The molecule has 2 N–H and O–H groups in total. The number of nitrogens with one attached hydrogen (secondary N) is 2. The number of carbonyl (C=O) groups is 1. The number of hydrogen-bond acceptors (Lipinski definition) is 9. The average Bonchev–Trinajstić information content (AvgIpc) is 3.42. The van der Waals surface area contributed by atoms with Gasteiger partial charge in [0.05, 0.1) is 34.5 Å². The third-order valence-electron chi connectivity index (χ3n) is 8.09. The monoisotopic (exact) mass is 604 g/mol. The molecular formula is C31H34F2N8O3. The average molecular weight is 605 g/mol. The Labute approximate surface area is 253 Å². The van der Waals surface area contributed by atoms with Gasteiger partial charge in [-0.2, -0.15) is 13.9 Å². The molecule has 11 nitrogen and oxygen atoms in total. The number of benzene rings is 2. The summed E-state index contributed by atoms with van der Waals surface area (Å²) in [5, 5.41) is 11.2. The molecule has 13 heteroatoms. The lowest BCUT2D eigenvalue weighted by molar-refractivity contribution is -0.111. The number of nitrogens with zero attached hydrogens (tertiary/aromatic N) is 6. The van der Waals surface area contributed by atoms with Crippen LogP contribution in [-0.4, -0.2) is 82.6 Å². The Kier molecular flexibility index (Phi) is 8.66. The summed E-state index contributed by atoms with van der Waals surface area (Å²) < 4.78 is 39.6. The minimum absolute atomic E-state index is 0.0737. The van der Waals surface area contributed by atoms with Crippen LogP contribution in [0.25, 0.3) is 22.2 Å². The van der Waals surface area contributed by atoms with Crippen molar-refractivity contribution in [2.45, 2.75) is 25.5 Å². The molecule has 0 saturated carbocycles. The molecule has 0 atom stereocenters. The van der Waals surface area contributed by atoms with E-state index >= 15 is 0 Å². The second-order valence-corrected chi connectivity index (χ2v) is 10.8. The van der Waals surface area contributed by atoms with E-state index < -0.39 is 12.5 Å². The van der Waals surface area contributed by atoms with Gasteiger partial charge in [-0.3, -0.25) is 14.4 Å². The van der Waals surface area contributed by atoms with E-state index in [1.165, 1.54) is 18.5 Å². The predicted molar refractivity (Wildman–Crippen MR) is 165 cm³/mol. The van der Waals surface area contributed by atoms with Crippen LogP contribution in [0.3, 0.4) is 0 Å². The lowest BCUT2D eigenvalue weighted by Crippen LogP contribution is -2.51. The summed E-state index contributed by atoms with van der Waals surface area (Å²) in [4.78, 5) is 25.7. The molecule has 4 aromatic rings.